The summed E-state index contributed by atoms with van der Waals surface area (Å²) in [7, 11) is -8.01. The Morgan fingerprint density at radius 3 is 2.16 bits per heavy atom. The Labute approximate surface area is 256 Å². The van der Waals surface area contributed by atoms with E-state index in [4.69, 9.17) is 5.73 Å². The lowest BCUT2D eigenvalue weighted by molar-refractivity contribution is -0.438. The molecule has 0 radical (unpaired) electrons. The summed E-state index contributed by atoms with van der Waals surface area (Å²) in [4.78, 5) is 2.23. The molecule has 4 N–H and O–H groups in total. The Kier molecular flexibility index (Phi) is 9.73. The molecule has 43 heavy (non-hydrogen) atoms. The zero-order valence-corrected chi connectivity index (χ0v) is 27.1. The summed E-state index contributed by atoms with van der Waals surface area (Å²) in [5.74, 6) is -0.527. The van der Waals surface area contributed by atoms with Gasteiger partial charge >= 0.3 is 0 Å². The standard InChI is InChI=1S/C32H43N3O6S2/c1-31(2)25-12-5-6-13-27(25)34(18-7-9-20-42(36,37)38)29(31)14-11-15-30-32(3,4)26-22-24(23-33)16-17-28(26)35(30)19-8-10-21-43(39,40)41/h5-6,11-17,22H,7-10,18-21,23,33H2,1-4H3,(H-,36,37,38,39,40,41)/p+1. The summed E-state index contributed by atoms with van der Waals surface area (Å²) in [5.41, 5.74) is 13.1. The van der Waals surface area contributed by atoms with Gasteiger partial charge in [0, 0.05) is 54.0 Å². The maximum atomic E-state index is 11.3. The Balaban J connectivity index is 1.69. The molecule has 2 aromatic rings. The van der Waals surface area contributed by atoms with E-state index < -0.39 is 20.2 Å². The highest BCUT2D eigenvalue weighted by Gasteiger charge is 2.44. The second kappa shape index (κ2) is 12.6. The predicted octanol–water partition coefficient (Wildman–Crippen LogP) is 5.10. The van der Waals surface area contributed by atoms with Crippen LogP contribution in [0.1, 0.15) is 70.1 Å². The Hall–Kier alpha value is -2.83. The van der Waals surface area contributed by atoms with E-state index in [9.17, 15) is 25.9 Å². The largest absolute Gasteiger partial charge is 0.344 e. The number of hydrogen-bond donors (Lipinski definition) is 3. The summed E-state index contributed by atoms with van der Waals surface area (Å²) in [6.07, 6.45) is 8.21. The second-order valence-electron chi connectivity index (χ2n) is 12.4. The maximum Gasteiger partial charge on any atom is 0.264 e. The smallest absolute Gasteiger partial charge is 0.264 e. The van der Waals surface area contributed by atoms with Gasteiger partial charge in [0.25, 0.3) is 20.2 Å². The molecule has 11 heteroatoms. The fraction of sp³-hybridized carbons (Fsp3) is 0.469. The summed E-state index contributed by atoms with van der Waals surface area (Å²) in [5, 5.41) is 0. The first-order chi connectivity index (χ1) is 20.1. The molecule has 2 aromatic carbocycles. The number of benzene rings is 2. The molecule has 0 saturated heterocycles. The van der Waals surface area contributed by atoms with E-state index in [0.717, 1.165) is 33.9 Å². The number of nitrogens with two attached hydrogens (primary N) is 1. The van der Waals surface area contributed by atoms with Crippen LogP contribution in [0, 0.1) is 0 Å². The number of allylic oxidation sites excluding steroid dienone is 4. The number of rotatable bonds is 13. The monoisotopic (exact) mass is 630 g/mol. The molecule has 0 aliphatic carbocycles. The van der Waals surface area contributed by atoms with Crippen molar-refractivity contribution >= 4 is 37.3 Å². The Morgan fingerprint density at radius 2 is 1.51 bits per heavy atom. The molecule has 0 atom stereocenters. The summed E-state index contributed by atoms with van der Waals surface area (Å²) < 4.78 is 65.7. The van der Waals surface area contributed by atoms with E-state index in [1.807, 2.05) is 18.2 Å². The van der Waals surface area contributed by atoms with Crippen LogP contribution in [0.4, 0.5) is 11.4 Å². The van der Waals surface area contributed by atoms with Crippen LogP contribution in [0.3, 0.4) is 0 Å². The van der Waals surface area contributed by atoms with Crippen molar-refractivity contribution in [1.82, 2.24) is 0 Å². The lowest BCUT2D eigenvalue weighted by Crippen LogP contribution is -2.28. The summed E-state index contributed by atoms with van der Waals surface area (Å²) >= 11 is 0. The zero-order chi connectivity index (χ0) is 31.6. The minimum absolute atomic E-state index is 0.259. The van der Waals surface area contributed by atoms with Crippen molar-refractivity contribution < 1.29 is 30.5 Å². The first-order valence-corrected chi connectivity index (χ1v) is 17.9. The third-order valence-corrected chi connectivity index (χ3v) is 10.2. The molecule has 0 fully saturated rings. The number of nitrogens with zero attached hydrogens (tertiary/aromatic N) is 2. The fourth-order valence-corrected chi connectivity index (χ4v) is 7.45. The van der Waals surface area contributed by atoms with Gasteiger partial charge in [0.2, 0.25) is 5.69 Å². The third-order valence-electron chi connectivity index (χ3n) is 8.57. The van der Waals surface area contributed by atoms with Gasteiger partial charge in [-0.25, -0.2) is 0 Å². The summed E-state index contributed by atoms with van der Waals surface area (Å²) in [6.45, 7) is 10.4. The maximum absolute atomic E-state index is 11.3. The van der Waals surface area contributed by atoms with Crippen LogP contribution in [-0.2, 0) is 37.6 Å². The van der Waals surface area contributed by atoms with Crippen LogP contribution in [0.2, 0.25) is 0 Å². The van der Waals surface area contributed by atoms with E-state index in [-0.39, 0.29) is 22.3 Å². The molecular weight excluding hydrogens is 587 g/mol. The van der Waals surface area contributed by atoms with Crippen molar-refractivity contribution in [3.05, 3.63) is 83.1 Å². The quantitative estimate of drug-likeness (QED) is 0.158. The lowest BCUT2D eigenvalue weighted by Gasteiger charge is -2.27. The van der Waals surface area contributed by atoms with Gasteiger partial charge in [-0.1, -0.05) is 50.3 Å². The van der Waals surface area contributed by atoms with Gasteiger partial charge in [0.15, 0.2) is 5.71 Å². The Morgan fingerprint density at radius 1 is 0.860 bits per heavy atom. The van der Waals surface area contributed by atoms with Gasteiger partial charge in [-0.3, -0.25) is 9.11 Å². The number of para-hydroxylation sites is 1. The number of unbranched alkanes of at least 4 members (excludes halogenated alkanes) is 2. The highest BCUT2D eigenvalue weighted by molar-refractivity contribution is 7.86. The van der Waals surface area contributed by atoms with Crippen LogP contribution < -0.4 is 10.6 Å². The number of hydrogen-bond acceptors (Lipinski definition) is 6. The van der Waals surface area contributed by atoms with Crippen LogP contribution in [-0.4, -0.2) is 60.8 Å². The van der Waals surface area contributed by atoms with E-state index in [1.165, 1.54) is 5.56 Å². The van der Waals surface area contributed by atoms with Crippen molar-refractivity contribution in [3.63, 3.8) is 0 Å². The van der Waals surface area contributed by atoms with Crippen LogP contribution >= 0.6 is 0 Å². The average molecular weight is 631 g/mol. The average Bonchev–Trinajstić information content (AvgIpc) is 3.26. The van der Waals surface area contributed by atoms with Crippen LogP contribution in [0.25, 0.3) is 0 Å². The van der Waals surface area contributed by atoms with E-state index in [0.29, 0.717) is 45.3 Å². The molecule has 2 aliphatic rings. The lowest BCUT2D eigenvalue weighted by atomic mass is 9.81. The third kappa shape index (κ3) is 7.46. The molecule has 0 spiro atoms. The minimum Gasteiger partial charge on any atom is -0.344 e. The number of fused-ring (bicyclic) bond motifs is 2. The van der Waals surface area contributed by atoms with Gasteiger partial charge in [0.1, 0.15) is 6.54 Å². The molecule has 0 saturated carbocycles. The first-order valence-electron chi connectivity index (χ1n) is 14.7. The van der Waals surface area contributed by atoms with Crippen LogP contribution in [0.15, 0.2) is 66.4 Å². The first kappa shape index (κ1) is 33.1. The second-order valence-corrected chi connectivity index (χ2v) is 15.6. The van der Waals surface area contributed by atoms with E-state index >= 15 is 0 Å². The fourth-order valence-electron chi connectivity index (χ4n) is 6.31. The molecule has 0 unspecified atom stereocenters. The number of anilines is 1. The molecule has 4 rings (SSSR count). The van der Waals surface area contributed by atoms with Gasteiger partial charge in [-0.2, -0.15) is 21.4 Å². The summed E-state index contributed by atoms with van der Waals surface area (Å²) in [6, 6.07) is 14.5. The highest BCUT2D eigenvalue weighted by atomic mass is 32.2. The molecular formula is C32H44N3O6S2+. The van der Waals surface area contributed by atoms with E-state index in [1.54, 1.807) is 0 Å². The van der Waals surface area contributed by atoms with Crippen molar-refractivity contribution in [2.75, 3.05) is 29.5 Å². The van der Waals surface area contributed by atoms with Crippen molar-refractivity contribution in [1.29, 1.82) is 0 Å². The topological polar surface area (TPSA) is 141 Å². The molecule has 2 heterocycles. The molecule has 0 bridgehead atoms. The van der Waals surface area contributed by atoms with Crippen LogP contribution in [0.5, 0.6) is 0 Å². The molecule has 234 valence electrons. The van der Waals surface area contributed by atoms with Gasteiger partial charge < -0.3 is 10.6 Å². The van der Waals surface area contributed by atoms with Gasteiger partial charge in [0.05, 0.1) is 16.9 Å². The molecule has 9 nitrogen and oxygen atoms in total. The van der Waals surface area contributed by atoms with Crippen molar-refractivity contribution in [3.8, 4) is 0 Å². The normalized spacial score (nSPS) is 18.6. The highest BCUT2D eigenvalue weighted by Crippen LogP contribution is 2.48. The molecule has 0 aromatic heterocycles. The molecule has 2 aliphatic heterocycles. The zero-order valence-electron chi connectivity index (χ0n) is 25.5. The van der Waals surface area contributed by atoms with Gasteiger partial charge in [-0.15, -0.1) is 0 Å². The van der Waals surface area contributed by atoms with E-state index in [2.05, 4.69) is 79.7 Å². The van der Waals surface area contributed by atoms with Gasteiger partial charge in [-0.05, 0) is 56.4 Å². The van der Waals surface area contributed by atoms with Crippen molar-refractivity contribution in [2.24, 2.45) is 5.73 Å². The Bertz CT molecular complexity index is 1670. The van der Waals surface area contributed by atoms with Crippen molar-refractivity contribution in [2.45, 2.75) is 70.8 Å². The minimum atomic E-state index is -4.01. The predicted molar refractivity (Wildman–Crippen MR) is 172 cm³/mol. The molecule has 0 amide bonds. The SMILES string of the molecule is CC1(C)C(/C=C/C=C2/N(CCCCS(=O)(=O)O)c3ccc(CN)cc3C2(C)C)=[N+](CCCCS(=O)(=O)O)c2ccccc21.